The Hall–Kier alpha value is -1.59. The van der Waals surface area contributed by atoms with Gasteiger partial charge in [0.15, 0.2) is 0 Å². The highest BCUT2D eigenvalue weighted by Gasteiger charge is 2.43. The average Bonchev–Trinajstić information content (AvgIpc) is 2.92. The van der Waals surface area contributed by atoms with Gasteiger partial charge < -0.3 is 14.7 Å². The molecule has 1 saturated heterocycles. The molecule has 120 valence electrons. The van der Waals surface area contributed by atoms with E-state index in [2.05, 4.69) is 0 Å². The number of hydrogen-bond donors (Lipinski definition) is 1. The minimum absolute atomic E-state index is 0.189. The average molecular weight is 326 g/mol. The molecule has 0 bridgehead atoms. The number of hydrogen-bond acceptors (Lipinski definition) is 3. The van der Waals surface area contributed by atoms with Crippen molar-refractivity contribution >= 4 is 23.5 Å². The summed E-state index contributed by atoms with van der Waals surface area (Å²) in [4.78, 5) is 25.6. The van der Waals surface area contributed by atoms with Crippen molar-refractivity contribution in [1.29, 1.82) is 0 Å². The largest absolute Gasteiger partial charge is 0.481 e. The highest BCUT2D eigenvalue weighted by atomic mass is 35.5. The zero-order valence-electron chi connectivity index (χ0n) is 12.9. The number of carboxylic acids is 1. The summed E-state index contributed by atoms with van der Waals surface area (Å²) in [6.45, 7) is 3.92. The van der Waals surface area contributed by atoms with Crippen LogP contribution in [0, 0.1) is 5.92 Å². The molecule has 1 N–H and O–H groups in total. The summed E-state index contributed by atoms with van der Waals surface area (Å²) >= 11 is 5.88. The number of amides is 1. The van der Waals surface area contributed by atoms with E-state index in [1.165, 1.54) is 7.11 Å². The molecule has 1 aliphatic heterocycles. The number of likely N-dealkylation sites (tertiary alicyclic amines) is 1. The number of nitrogens with zero attached hydrogens (tertiary/aromatic N) is 1. The summed E-state index contributed by atoms with van der Waals surface area (Å²) in [5, 5.41) is 10.1. The van der Waals surface area contributed by atoms with E-state index in [4.69, 9.17) is 16.3 Å². The summed E-state index contributed by atoms with van der Waals surface area (Å²) in [5.41, 5.74) is -0.0832. The zero-order chi connectivity index (χ0) is 16.5. The fourth-order valence-corrected chi connectivity index (χ4v) is 2.86. The molecular weight excluding hydrogens is 306 g/mol. The first-order valence-corrected chi connectivity index (χ1v) is 7.47. The fraction of sp³-hybridized carbons (Fsp3) is 0.500. The van der Waals surface area contributed by atoms with Gasteiger partial charge in [-0.05, 0) is 31.5 Å². The third-order valence-electron chi connectivity index (χ3n) is 4.25. The summed E-state index contributed by atoms with van der Waals surface area (Å²) in [5.74, 6) is -1.97. The third-order valence-corrected chi connectivity index (χ3v) is 4.50. The Kier molecular flexibility index (Phi) is 4.78. The van der Waals surface area contributed by atoms with Crippen molar-refractivity contribution in [2.24, 2.45) is 5.92 Å². The Morgan fingerprint density at radius 2 is 1.86 bits per heavy atom. The lowest BCUT2D eigenvalue weighted by Gasteiger charge is -2.28. The van der Waals surface area contributed by atoms with Crippen LogP contribution in [0.25, 0.3) is 0 Å². The van der Waals surface area contributed by atoms with Gasteiger partial charge in [-0.1, -0.05) is 23.7 Å². The quantitative estimate of drug-likeness (QED) is 0.923. The summed E-state index contributed by atoms with van der Waals surface area (Å²) in [6, 6.07) is 7.11. The number of carbonyl (C=O) groups is 2. The van der Waals surface area contributed by atoms with E-state index in [1.54, 1.807) is 30.9 Å². The van der Waals surface area contributed by atoms with Crippen molar-refractivity contribution in [3.8, 4) is 0 Å². The van der Waals surface area contributed by atoms with Crippen LogP contribution < -0.4 is 0 Å². The molecule has 1 aliphatic rings. The highest BCUT2D eigenvalue weighted by Crippen LogP contribution is 2.34. The van der Waals surface area contributed by atoms with Gasteiger partial charge in [-0.15, -0.1) is 0 Å². The van der Waals surface area contributed by atoms with E-state index in [0.717, 1.165) is 5.56 Å². The standard InChI is InChI=1S/C16H20ClNO4/c1-16(2,22-3)15(21)18-8-12(13(9-18)14(19)20)10-4-6-11(17)7-5-10/h4-7,12-13H,8-9H2,1-3H3,(H,19,20)/t12-,13+/m0/s1. The number of benzene rings is 1. The van der Waals surface area contributed by atoms with Crippen LogP contribution in [0.1, 0.15) is 25.3 Å². The maximum Gasteiger partial charge on any atom is 0.308 e. The first-order valence-electron chi connectivity index (χ1n) is 7.09. The van der Waals surface area contributed by atoms with Gasteiger partial charge >= 0.3 is 5.97 Å². The molecule has 1 heterocycles. The van der Waals surface area contributed by atoms with Crippen molar-refractivity contribution in [1.82, 2.24) is 4.90 Å². The van der Waals surface area contributed by atoms with Crippen LogP contribution in [-0.2, 0) is 14.3 Å². The first kappa shape index (κ1) is 16.8. The Morgan fingerprint density at radius 3 is 2.36 bits per heavy atom. The Labute approximate surface area is 134 Å². The molecule has 5 nitrogen and oxygen atoms in total. The predicted octanol–water partition coefficient (Wildman–Crippen LogP) is 2.39. The van der Waals surface area contributed by atoms with Gasteiger partial charge in [-0.3, -0.25) is 9.59 Å². The van der Waals surface area contributed by atoms with Gasteiger partial charge in [0.25, 0.3) is 5.91 Å². The van der Waals surface area contributed by atoms with Gasteiger partial charge in [0.1, 0.15) is 5.60 Å². The SMILES string of the molecule is COC(C)(C)C(=O)N1C[C@@H](C(=O)O)[C@H](c2ccc(Cl)cc2)C1. The second kappa shape index (κ2) is 6.26. The Morgan fingerprint density at radius 1 is 1.27 bits per heavy atom. The maximum absolute atomic E-state index is 12.5. The smallest absolute Gasteiger partial charge is 0.308 e. The number of carboxylic acid groups (broad SMARTS) is 1. The topological polar surface area (TPSA) is 66.8 Å². The van der Waals surface area contributed by atoms with Crippen molar-refractivity contribution in [3.63, 3.8) is 0 Å². The molecule has 0 radical (unpaired) electrons. The van der Waals surface area contributed by atoms with E-state index >= 15 is 0 Å². The maximum atomic E-state index is 12.5. The second-order valence-corrected chi connectivity index (χ2v) is 6.46. The van der Waals surface area contributed by atoms with Crippen molar-refractivity contribution < 1.29 is 19.4 Å². The minimum atomic E-state index is -0.960. The Bertz CT molecular complexity index is 570. The molecule has 0 aromatic heterocycles. The lowest BCUT2D eigenvalue weighted by Crippen LogP contribution is -2.45. The van der Waals surface area contributed by atoms with Crippen LogP contribution in [0.4, 0.5) is 0 Å². The summed E-state index contributed by atoms with van der Waals surface area (Å²) in [7, 11) is 1.47. The number of halogens is 1. The molecule has 1 aromatic carbocycles. The Balaban J connectivity index is 2.25. The molecule has 22 heavy (non-hydrogen) atoms. The third kappa shape index (κ3) is 3.25. The lowest BCUT2D eigenvalue weighted by molar-refractivity contribution is -0.150. The molecule has 2 atom stereocenters. The molecule has 0 aliphatic carbocycles. The van der Waals surface area contributed by atoms with Gasteiger partial charge in [0.05, 0.1) is 5.92 Å². The molecule has 0 unspecified atom stereocenters. The number of ether oxygens (including phenoxy) is 1. The van der Waals surface area contributed by atoms with E-state index in [-0.39, 0.29) is 18.4 Å². The number of methoxy groups -OCH3 is 1. The zero-order valence-corrected chi connectivity index (χ0v) is 13.6. The van der Waals surface area contributed by atoms with E-state index < -0.39 is 17.5 Å². The fourth-order valence-electron chi connectivity index (χ4n) is 2.74. The molecule has 0 spiro atoms. The number of carbonyl (C=O) groups excluding carboxylic acids is 1. The van der Waals surface area contributed by atoms with Gasteiger partial charge in [-0.2, -0.15) is 0 Å². The van der Waals surface area contributed by atoms with E-state index in [0.29, 0.717) is 11.6 Å². The lowest BCUT2D eigenvalue weighted by atomic mass is 9.89. The minimum Gasteiger partial charge on any atom is -0.481 e. The second-order valence-electron chi connectivity index (χ2n) is 6.03. The molecular formula is C16H20ClNO4. The van der Waals surface area contributed by atoms with Crippen LogP contribution in [0.3, 0.4) is 0 Å². The van der Waals surface area contributed by atoms with Gasteiger partial charge in [0, 0.05) is 31.1 Å². The normalized spacial score (nSPS) is 21.9. The van der Waals surface area contributed by atoms with Crippen molar-refractivity contribution in [3.05, 3.63) is 34.9 Å². The van der Waals surface area contributed by atoms with Crippen molar-refractivity contribution in [2.75, 3.05) is 20.2 Å². The summed E-state index contributed by atoms with van der Waals surface area (Å²) in [6.07, 6.45) is 0. The van der Waals surface area contributed by atoms with Crippen molar-refractivity contribution in [2.45, 2.75) is 25.4 Å². The molecule has 6 heteroatoms. The number of rotatable bonds is 4. The molecule has 1 amide bonds. The van der Waals surface area contributed by atoms with Crippen LogP contribution >= 0.6 is 11.6 Å². The van der Waals surface area contributed by atoms with E-state index in [9.17, 15) is 14.7 Å². The predicted molar refractivity (Wildman–Crippen MR) is 83.0 cm³/mol. The first-order chi connectivity index (χ1) is 10.3. The van der Waals surface area contributed by atoms with E-state index in [1.807, 2.05) is 12.1 Å². The van der Waals surface area contributed by atoms with Crippen LogP contribution in [0.15, 0.2) is 24.3 Å². The van der Waals surface area contributed by atoms with Crippen LogP contribution in [-0.4, -0.2) is 47.7 Å². The highest BCUT2D eigenvalue weighted by molar-refractivity contribution is 6.30. The van der Waals surface area contributed by atoms with Crippen LogP contribution in [0.5, 0.6) is 0 Å². The summed E-state index contributed by atoms with van der Waals surface area (Å²) < 4.78 is 5.21. The molecule has 1 aromatic rings. The van der Waals surface area contributed by atoms with Crippen LogP contribution in [0.2, 0.25) is 5.02 Å². The molecule has 0 saturated carbocycles. The van der Waals surface area contributed by atoms with Gasteiger partial charge in [0.2, 0.25) is 0 Å². The molecule has 1 fully saturated rings. The number of aliphatic carboxylic acids is 1. The van der Waals surface area contributed by atoms with Gasteiger partial charge in [-0.25, -0.2) is 0 Å². The molecule has 2 rings (SSSR count). The monoisotopic (exact) mass is 325 g/mol.